The molecule has 6 nitrogen and oxygen atoms in total. The Balaban J connectivity index is 1.57. The zero-order valence-electron chi connectivity index (χ0n) is 14.6. The van der Waals surface area contributed by atoms with Crippen molar-refractivity contribution in [1.29, 1.82) is 0 Å². The number of hydrogen-bond acceptors (Lipinski definition) is 4. The summed E-state index contributed by atoms with van der Waals surface area (Å²) < 4.78 is 5.83. The summed E-state index contributed by atoms with van der Waals surface area (Å²) in [5, 5.41) is 5.55. The van der Waals surface area contributed by atoms with Gasteiger partial charge in [-0.1, -0.05) is 6.07 Å². The molecule has 1 atom stereocenters. The van der Waals surface area contributed by atoms with Crippen LogP contribution in [0.3, 0.4) is 0 Å². The predicted octanol–water partition coefficient (Wildman–Crippen LogP) is 3.33. The molecule has 0 radical (unpaired) electrons. The maximum Gasteiger partial charge on any atom is 0.246 e. The monoisotopic (exact) mass is 349 g/mol. The van der Waals surface area contributed by atoms with Crippen LogP contribution in [-0.2, 0) is 9.59 Å². The summed E-state index contributed by atoms with van der Waals surface area (Å²) in [5.41, 5.74) is 5.17. The average Bonchev–Trinajstić information content (AvgIpc) is 3.22. The maximum absolute atomic E-state index is 12.3. The van der Waals surface area contributed by atoms with E-state index in [1.807, 2.05) is 50.2 Å². The number of nitrogens with one attached hydrogen (secondary N) is 2. The van der Waals surface area contributed by atoms with Crippen molar-refractivity contribution < 1.29 is 14.0 Å². The first-order valence-corrected chi connectivity index (χ1v) is 8.58. The normalized spacial score (nSPS) is 16.7. The third kappa shape index (κ3) is 3.06. The summed E-state index contributed by atoms with van der Waals surface area (Å²) in [5.74, 6) is 0.280. The molecule has 2 heterocycles. The van der Waals surface area contributed by atoms with Crippen LogP contribution in [0.4, 0.5) is 5.69 Å². The van der Waals surface area contributed by atoms with Gasteiger partial charge in [0.25, 0.3) is 0 Å². The molecule has 0 saturated carbocycles. The molecule has 26 heavy (non-hydrogen) atoms. The Labute approximate surface area is 150 Å². The number of anilines is 1. The van der Waals surface area contributed by atoms with E-state index < -0.39 is 6.04 Å². The molecule has 4 rings (SSSR count). The molecule has 0 aliphatic carbocycles. The number of nitrogens with zero attached hydrogens (tertiary/aromatic N) is 1. The number of carbonyl (C=O) groups excluding carboxylic acids is 2. The van der Waals surface area contributed by atoms with E-state index in [9.17, 15) is 9.59 Å². The van der Waals surface area contributed by atoms with Crippen molar-refractivity contribution in [3.63, 3.8) is 0 Å². The van der Waals surface area contributed by atoms with Crippen LogP contribution in [0, 0.1) is 13.8 Å². The van der Waals surface area contributed by atoms with Gasteiger partial charge in [-0.05, 0) is 61.7 Å². The fourth-order valence-corrected chi connectivity index (χ4v) is 3.13. The van der Waals surface area contributed by atoms with Crippen LogP contribution in [-0.4, -0.2) is 22.8 Å². The van der Waals surface area contributed by atoms with E-state index in [0.717, 1.165) is 27.8 Å². The molecule has 1 aliphatic heterocycles. The Kier molecular flexibility index (Phi) is 3.95. The van der Waals surface area contributed by atoms with Crippen LogP contribution in [0.25, 0.3) is 22.6 Å². The van der Waals surface area contributed by atoms with Crippen LogP contribution >= 0.6 is 0 Å². The highest BCUT2D eigenvalue weighted by molar-refractivity contribution is 5.99. The van der Waals surface area contributed by atoms with Crippen molar-refractivity contribution >= 4 is 28.6 Å². The quantitative estimate of drug-likeness (QED) is 0.760. The highest BCUT2D eigenvalue weighted by atomic mass is 16.3. The van der Waals surface area contributed by atoms with E-state index in [1.165, 1.54) is 0 Å². The van der Waals surface area contributed by atoms with Crippen molar-refractivity contribution in [2.75, 3.05) is 5.32 Å². The van der Waals surface area contributed by atoms with Crippen LogP contribution in [0.2, 0.25) is 0 Å². The fourth-order valence-electron chi connectivity index (χ4n) is 3.13. The topological polar surface area (TPSA) is 84.2 Å². The van der Waals surface area contributed by atoms with Crippen molar-refractivity contribution in [3.05, 3.63) is 47.5 Å². The number of aryl methyl sites for hydroxylation is 2. The number of rotatable bonds is 3. The van der Waals surface area contributed by atoms with Gasteiger partial charge in [0, 0.05) is 17.7 Å². The van der Waals surface area contributed by atoms with E-state index in [-0.39, 0.29) is 11.8 Å². The Morgan fingerprint density at radius 3 is 2.81 bits per heavy atom. The molecule has 1 saturated heterocycles. The van der Waals surface area contributed by atoms with Crippen LogP contribution < -0.4 is 10.6 Å². The minimum Gasteiger partial charge on any atom is -0.436 e. The largest absolute Gasteiger partial charge is 0.436 e. The lowest BCUT2D eigenvalue weighted by Crippen LogP contribution is -2.37. The Morgan fingerprint density at radius 2 is 2.08 bits per heavy atom. The van der Waals surface area contributed by atoms with E-state index >= 15 is 0 Å². The molecule has 1 aromatic heterocycles. The first-order chi connectivity index (χ1) is 12.5. The highest BCUT2D eigenvalue weighted by Gasteiger charge is 2.27. The molecule has 0 unspecified atom stereocenters. The van der Waals surface area contributed by atoms with Crippen molar-refractivity contribution in [2.45, 2.75) is 32.7 Å². The number of amides is 2. The van der Waals surface area contributed by atoms with Gasteiger partial charge in [-0.2, -0.15) is 0 Å². The van der Waals surface area contributed by atoms with Crippen LogP contribution in [0.15, 0.2) is 40.8 Å². The van der Waals surface area contributed by atoms with Gasteiger partial charge in [0.15, 0.2) is 5.58 Å². The van der Waals surface area contributed by atoms with Crippen molar-refractivity contribution in [2.24, 2.45) is 0 Å². The predicted molar refractivity (Wildman–Crippen MR) is 98.7 cm³/mol. The van der Waals surface area contributed by atoms with Gasteiger partial charge in [-0.15, -0.1) is 0 Å². The van der Waals surface area contributed by atoms with Gasteiger partial charge in [-0.3, -0.25) is 9.59 Å². The molecule has 3 aromatic rings. The summed E-state index contributed by atoms with van der Waals surface area (Å²) >= 11 is 0. The lowest BCUT2D eigenvalue weighted by atomic mass is 10.1. The first-order valence-electron chi connectivity index (χ1n) is 8.58. The number of oxazole rings is 1. The Hall–Kier alpha value is -3.15. The maximum atomic E-state index is 12.3. The molecule has 2 N–H and O–H groups in total. The van der Waals surface area contributed by atoms with Gasteiger partial charge in [0.2, 0.25) is 17.7 Å². The lowest BCUT2D eigenvalue weighted by Gasteiger charge is -2.13. The summed E-state index contributed by atoms with van der Waals surface area (Å²) in [7, 11) is 0. The second-order valence-corrected chi connectivity index (χ2v) is 6.67. The van der Waals surface area contributed by atoms with Gasteiger partial charge in [0.05, 0.1) is 0 Å². The Bertz CT molecular complexity index is 1020. The lowest BCUT2D eigenvalue weighted by molar-refractivity contribution is -0.122. The van der Waals surface area contributed by atoms with Gasteiger partial charge >= 0.3 is 0 Å². The van der Waals surface area contributed by atoms with Crippen molar-refractivity contribution in [3.8, 4) is 11.5 Å². The fraction of sp³-hybridized carbons (Fsp3) is 0.250. The highest BCUT2D eigenvalue weighted by Crippen LogP contribution is 2.28. The first kappa shape index (κ1) is 16.3. The van der Waals surface area contributed by atoms with E-state index in [2.05, 4.69) is 15.6 Å². The number of aromatic nitrogens is 1. The van der Waals surface area contributed by atoms with E-state index in [1.54, 1.807) is 0 Å². The number of carbonyl (C=O) groups is 2. The zero-order valence-corrected chi connectivity index (χ0v) is 14.6. The zero-order chi connectivity index (χ0) is 18.3. The van der Waals surface area contributed by atoms with E-state index in [4.69, 9.17) is 4.42 Å². The number of fused-ring (bicyclic) bond motifs is 1. The average molecular weight is 349 g/mol. The SMILES string of the molecule is Cc1ccc2oc(-c3ccc(NC(=O)[C@H]4CCC(=O)N4)c(C)c3)nc2c1. The molecular weight excluding hydrogens is 330 g/mol. The number of benzene rings is 2. The van der Waals surface area contributed by atoms with Gasteiger partial charge in [0.1, 0.15) is 11.6 Å². The molecule has 6 heteroatoms. The molecule has 132 valence electrons. The Morgan fingerprint density at radius 1 is 1.23 bits per heavy atom. The minimum atomic E-state index is -0.457. The molecule has 0 bridgehead atoms. The van der Waals surface area contributed by atoms with Crippen LogP contribution in [0.1, 0.15) is 24.0 Å². The molecule has 2 aromatic carbocycles. The summed E-state index contributed by atoms with van der Waals surface area (Å²) in [6.07, 6.45) is 0.928. The summed E-state index contributed by atoms with van der Waals surface area (Å²) in [6, 6.07) is 11.1. The summed E-state index contributed by atoms with van der Waals surface area (Å²) in [4.78, 5) is 28.1. The summed E-state index contributed by atoms with van der Waals surface area (Å²) in [6.45, 7) is 3.93. The molecule has 1 fully saturated rings. The minimum absolute atomic E-state index is 0.0802. The third-order valence-corrected chi connectivity index (χ3v) is 4.59. The molecule has 1 aliphatic rings. The van der Waals surface area contributed by atoms with Gasteiger partial charge < -0.3 is 15.1 Å². The standard InChI is InChI=1S/C20H19N3O3/c1-11-3-7-17-16(9-11)23-20(26-17)13-4-5-14(12(2)10-13)22-19(25)15-6-8-18(24)21-15/h3-5,7,9-10,15H,6,8H2,1-2H3,(H,21,24)(H,22,25)/t15-/m1/s1. The van der Waals surface area contributed by atoms with E-state index in [0.29, 0.717) is 24.4 Å². The second kappa shape index (κ2) is 6.29. The molecular formula is C20H19N3O3. The number of hydrogen-bond donors (Lipinski definition) is 2. The smallest absolute Gasteiger partial charge is 0.246 e. The third-order valence-electron chi connectivity index (χ3n) is 4.59. The van der Waals surface area contributed by atoms with Crippen molar-refractivity contribution in [1.82, 2.24) is 10.3 Å². The van der Waals surface area contributed by atoms with Crippen LogP contribution in [0.5, 0.6) is 0 Å². The second-order valence-electron chi connectivity index (χ2n) is 6.67. The molecule has 0 spiro atoms. The van der Waals surface area contributed by atoms with Gasteiger partial charge in [-0.25, -0.2) is 4.98 Å². The molecule has 2 amide bonds.